The maximum atomic E-state index is 14.1. The monoisotopic (exact) mass is 472 g/mol. The van der Waals surface area contributed by atoms with E-state index >= 15 is 0 Å². The second-order valence-electron chi connectivity index (χ2n) is 9.24. The van der Waals surface area contributed by atoms with Gasteiger partial charge in [-0.3, -0.25) is 4.79 Å². The second kappa shape index (κ2) is 7.99. The third kappa shape index (κ3) is 3.80. The average Bonchev–Trinajstić information content (AvgIpc) is 3.10. The number of rotatable bonds is 4. The minimum absolute atomic E-state index is 0.143. The molecule has 34 heavy (non-hydrogen) atoms. The summed E-state index contributed by atoms with van der Waals surface area (Å²) in [5.41, 5.74) is -0.900. The molecule has 0 radical (unpaired) electrons. The molecule has 4 N–H and O–H groups in total. The first-order chi connectivity index (χ1) is 16.1. The van der Waals surface area contributed by atoms with Crippen molar-refractivity contribution in [1.29, 1.82) is 0 Å². The van der Waals surface area contributed by atoms with Crippen molar-refractivity contribution in [3.8, 4) is 5.75 Å². The van der Waals surface area contributed by atoms with Gasteiger partial charge in [0.05, 0.1) is 28.7 Å². The predicted molar refractivity (Wildman–Crippen MR) is 121 cm³/mol. The average molecular weight is 472 g/mol. The number of aryl methyl sites for hydroxylation is 1. The molecule has 10 heteroatoms. The summed E-state index contributed by atoms with van der Waals surface area (Å²) in [5, 5.41) is 24.7. The first kappa shape index (κ1) is 22.7. The highest BCUT2D eigenvalue weighted by molar-refractivity contribution is 5.87. The van der Waals surface area contributed by atoms with Crippen LogP contribution in [0.3, 0.4) is 0 Å². The molecule has 180 valence electrons. The van der Waals surface area contributed by atoms with Crippen LogP contribution in [-0.2, 0) is 11.5 Å². The number of para-hydroxylation sites is 1. The van der Waals surface area contributed by atoms with E-state index in [2.05, 4.69) is 20.3 Å². The number of ether oxygens (including phenoxy) is 1. The number of hydrogen-bond acceptors (Lipinski definition) is 7. The van der Waals surface area contributed by atoms with Crippen LogP contribution < -0.4 is 15.6 Å². The van der Waals surface area contributed by atoms with Gasteiger partial charge in [0.2, 0.25) is 0 Å². The molecule has 3 heterocycles. The Morgan fingerprint density at radius 2 is 1.97 bits per heavy atom. The molecule has 0 saturated heterocycles. The zero-order chi connectivity index (χ0) is 24.3. The Morgan fingerprint density at radius 3 is 2.71 bits per heavy atom. The van der Waals surface area contributed by atoms with Crippen LogP contribution in [0.4, 0.5) is 14.6 Å². The lowest BCUT2D eigenvalue weighted by Gasteiger charge is -2.34. The van der Waals surface area contributed by atoms with Crippen molar-refractivity contribution >= 4 is 16.9 Å². The number of aliphatic hydroxyl groups is 2. The molecule has 3 aromatic rings. The molecular formula is C24H26F2N4O4. The number of fused-ring (bicyclic) bond motifs is 2. The molecule has 0 bridgehead atoms. The van der Waals surface area contributed by atoms with Crippen LogP contribution in [0, 0.1) is 6.92 Å². The fourth-order valence-corrected chi connectivity index (χ4v) is 4.87. The maximum absolute atomic E-state index is 14.1. The fraction of sp³-hybridized carbons (Fsp3) is 0.458. The standard InChI is InChI=1S/C24H26F2N4O4/c1-12(15-4-3-5-17-19(15)34-11-24(17,25)26)27-20-16-10-18(23(33)8-6-14(31)7-9-23)22(32)30-21(16)29-13(2)28-20/h3-5,10,12,14,31,33H,6-9,11H2,1-2H3,(H2,27,28,29,30,32)/t12-,14-,23-/m1/s1. The molecule has 1 aliphatic carbocycles. The van der Waals surface area contributed by atoms with Crippen molar-refractivity contribution < 1.29 is 23.7 Å². The van der Waals surface area contributed by atoms with Gasteiger partial charge in [-0.05, 0) is 51.7 Å². The smallest absolute Gasteiger partial charge is 0.310 e. The molecule has 1 fully saturated rings. The second-order valence-corrected chi connectivity index (χ2v) is 9.24. The molecule has 1 atom stereocenters. The number of nitrogens with one attached hydrogen (secondary N) is 2. The predicted octanol–water partition coefficient (Wildman–Crippen LogP) is 3.41. The van der Waals surface area contributed by atoms with Gasteiger partial charge in [-0.2, -0.15) is 8.78 Å². The lowest BCUT2D eigenvalue weighted by atomic mass is 9.79. The number of aliphatic hydroxyl groups excluding tert-OH is 1. The van der Waals surface area contributed by atoms with E-state index in [1.165, 1.54) is 6.07 Å². The van der Waals surface area contributed by atoms with Crippen molar-refractivity contribution in [2.75, 3.05) is 11.9 Å². The maximum Gasteiger partial charge on any atom is 0.310 e. The summed E-state index contributed by atoms with van der Waals surface area (Å²) < 4.78 is 33.6. The first-order valence-electron chi connectivity index (χ1n) is 11.3. The van der Waals surface area contributed by atoms with Gasteiger partial charge in [0.25, 0.3) is 5.56 Å². The molecule has 1 aliphatic heterocycles. The summed E-state index contributed by atoms with van der Waals surface area (Å²) in [7, 11) is 0. The molecule has 1 aromatic carbocycles. The number of nitrogens with zero attached hydrogens (tertiary/aromatic N) is 2. The van der Waals surface area contributed by atoms with Gasteiger partial charge in [0, 0.05) is 11.1 Å². The number of hydrogen-bond donors (Lipinski definition) is 4. The van der Waals surface area contributed by atoms with Crippen molar-refractivity contribution in [3.05, 3.63) is 57.1 Å². The van der Waals surface area contributed by atoms with Crippen molar-refractivity contribution in [2.24, 2.45) is 0 Å². The number of alkyl halides is 2. The van der Waals surface area contributed by atoms with Gasteiger partial charge in [-0.15, -0.1) is 0 Å². The molecule has 0 unspecified atom stereocenters. The van der Waals surface area contributed by atoms with Gasteiger partial charge < -0.3 is 25.3 Å². The van der Waals surface area contributed by atoms with Crippen LogP contribution >= 0.6 is 0 Å². The minimum atomic E-state index is -3.04. The van der Waals surface area contributed by atoms with Gasteiger partial charge in [-0.25, -0.2) is 9.97 Å². The Labute approximate surface area is 194 Å². The molecular weight excluding hydrogens is 446 g/mol. The summed E-state index contributed by atoms with van der Waals surface area (Å²) in [6, 6.07) is 5.78. The summed E-state index contributed by atoms with van der Waals surface area (Å²) >= 11 is 0. The van der Waals surface area contributed by atoms with Crippen LogP contribution in [0.25, 0.3) is 11.0 Å². The molecule has 5 rings (SSSR count). The zero-order valence-electron chi connectivity index (χ0n) is 18.9. The van der Waals surface area contributed by atoms with E-state index in [0.717, 1.165) is 0 Å². The number of H-pyrrole nitrogens is 1. The summed E-state index contributed by atoms with van der Waals surface area (Å²) in [4.78, 5) is 24.4. The molecule has 2 aliphatic rings. The third-order valence-electron chi connectivity index (χ3n) is 6.76. The molecule has 1 saturated carbocycles. The number of aromatic amines is 1. The van der Waals surface area contributed by atoms with E-state index in [4.69, 9.17) is 4.74 Å². The molecule has 0 amide bonds. The highest BCUT2D eigenvalue weighted by atomic mass is 19.3. The number of halogens is 2. The topological polar surface area (TPSA) is 120 Å². The Morgan fingerprint density at radius 1 is 1.24 bits per heavy atom. The van der Waals surface area contributed by atoms with E-state index in [1.807, 2.05) is 0 Å². The Bertz CT molecular complexity index is 1320. The molecule has 0 spiro atoms. The van der Waals surface area contributed by atoms with Gasteiger partial charge >= 0.3 is 5.92 Å². The van der Waals surface area contributed by atoms with Crippen LogP contribution in [-0.4, -0.2) is 37.9 Å². The lowest BCUT2D eigenvalue weighted by molar-refractivity contribution is -0.0369. The molecule has 8 nitrogen and oxygen atoms in total. The Kier molecular flexibility index (Phi) is 5.33. The van der Waals surface area contributed by atoms with E-state index in [1.54, 1.807) is 32.0 Å². The zero-order valence-corrected chi connectivity index (χ0v) is 18.9. The number of anilines is 1. The Balaban J connectivity index is 1.55. The van der Waals surface area contributed by atoms with Crippen LogP contribution in [0.2, 0.25) is 0 Å². The van der Waals surface area contributed by atoms with E-state index in [0.29, 0.717) is 41.1 Å². The molecule has 2 aromatic heterocycles. The van der Waals surface area contributed by atoms with Crippen molar-refractivity contribution in [3.63, 3.8) is 0 Å². The van der Waals surface area contributed by atoms with Crippen molar-refractivity contribution in [1.82, 2.24) is 15.0 Å². The van der Waals surface area contributed by atoms with E-state index in [-0.39, 0.29) is 29.7 Å². The summed E-state index contributed by atoms with van der Waals surface area (Å²) in [6.07, 6.45) is 0.812. The van der Waals surface area contributed by atoms with Crippen molar-refractivity contribution in [2.45, 2.75) is 63.2 Å². The van der Waals surface area contributed by atoms with Gasteiger partial charge in [-0.1, -0.05) is 12.1 Å². The van der Waals surface area contributed by atoms with E-state index < -0.39 is 35.8 Å². The number of aromatic nitrogens is 3. The summed E-state index contributed by atoms with van der Waals surface area (Å²) in [5.74, 6) is -2.08. The lowest BCUT2D eigenvalue weighted by Crippen LogP contribution is -2.38. The highest BCUT2D eigenvalue weighted by Crippen LogP contribution is 2.45. The largest absolute Gasteiger partial charge is 0.486 e. The summed E-state index contributed by atoms with van der Waals surface area (Å²) in [6.45, 7) is 2.79. The third-order valence-corrected chi connectivity index (χ3v) is 6.76. The first-order valence-corrected chi connectivity index (χ1v) is 11.3. The van der Waals surface area contributed by atoms with Crippen LogP contribution in [0.5, 0.6) is 5.75 Å². The van der Waals surface area contributed by atoms with Crippen LogP contribution in [0.1, 0.15) is 61.2 Å². The normalized spacial score (nSPS) is 24.5. The SMILES string of the molecule is Cc1nc(N[C@H](C)c2cccc3c2OCC3(F)F)c2cc([C@]3(O)CC[C@H](O)CC3)c(=O)[nH]c2n1. The van der Waals surface area contributed by atoms with Gasteiger partial charge in [0.15, 0.2) is 6.61 Å². The minimum Gasteiger partial charge on any atom is -0.486 e. The van der Waals surface area contributed by atoms with Gasteiger partial charge in [0.1, 0.15) is 23.0 Å². The fourth-order valence-electron chi connectivity index (χ4n) is 4.87. The Hall–Kier alpha value is -3.11. The number of benzene rings is 1. The van der Waals surface area contributed by atoms with Crippen LogP contribution in [0.15, 0.2) is 29.1 Å². The quantitative estimate of drug-likeness (QED) is 0.459. The number of pyridine rings is 1. The van der Waals surface area contributed by atoms with E-state index in [9.17, 15) is 23.8 Å². The highest BCUT2D eigenvalue weighted by Gasteiger charge is 2.43.